The molecular weight excluding hydrogens is 100 g/mol. The van der Waals surface area contributed by atoms with Gasteiger partial charge in [-0.25, -0.2) is 0 Å². The van der Waals surface area contributed by atoms with Gasteiger partial charge in [0.05, 0.1) is 5.60 Å². The Labute approximate surface area is 51.7 Å². The Morgan fingerprint density at radius 1 is 1.62 bits per heavy atom. The lowest BCUT2D eigenvalue weighted by molar-refractivity contribution is 0.0847. The van der Waals surface area contributed by atoms with Gasteiger partial charge in [-0.1, -0.05) is 13.8 Å². The van der Waals surface area contributed by atoms with Gasteiger partial charge >= 0.3 is 0 Å². The Morgan fingerprint density at radius 3 is 2.00 bits per heavy atom. The lowest BCUT2D eigenvalue weighted by atomic mass is 9.97. The monoisotopic (exact) mass is 115 g/mol. The van der Waals surface area contributed by atoms with Crippen molar-refractivity contribution < 1.29 is 5.11 Å². The highest BCUT2D eigenvalue weighted by Gasteiger charge is 2.13. The summed E-state index contributed by atoms with van der Waals surface area (Å²) in [5.74, 6) is 0.530. The van der Waals surface area contributed by atoms with Crippen molar-refractivity contribution in [3.63, 3.8) is 0 Å². The second-order valence-corrected chi connectivity index (χ2v) is 3.09. The highest BCUT2D eigenvalue weighted by atomic mass is 16.3. The first-order valence-electron chi connectivity index (χ1n) is 2.99. The summed E-state index contributed by atoms with van der Waals surface area (Å²) in [5.41, 5.74) is -0.728. The van der Waals surface area contributed by atoms with E-state index in [4.69, 9.17) is 5.11 Å². The first-order valence-corrected chi connectivity index (χ1v) is 2.99. The van der Waals surface area contributed by atoms with Crippen LogP contribution in [0.4, 0.5) is 0 Å². The van der Waals surface area contributed by atoms with Gasteiger partial charge in [-0.15, -0.1) is 0 Å². The molecule has 1 N–H and O–H groups in total. The molecule has 0 spiro atoms. The van der Waals surface area contributed by atoms with Crippen LogP contribution in [0, 0.1) is 12.8 Å². The Balaban J connectivity index is 3.39. The summed E-state index contributed by atoms with van der Waals surface area (Å²) < 4.78 is 0. The summed E-state index contributed by atoms with van der Waals surface area (Å²) in [6, 6.07) is 0. The van der Waals surface area contributed by atoms with Crippen molar-refractivity contribution in [2.45, 2.75) is 32.8 Å². The molecule has 1 atom stereocenters. The SMILES string of the molecule is [CH2]C(C)(O)CC(C)C. The van der Waals surface area contributed by atoms with Crippen molar-refractivity contribution in [2.75, 3.05) is 0 Å². The largest absolute Gasteiger partial charge is 0.390 e. The third-order valence-corrected chi connectivity index (χ3v) is 0.848. The predicted octanol–water partition coefficient (Wildman–Crippen LogP) is 1.62. The van der Waals surface area contributed by atoms with E-state index in [9.17, 15) is 0 Å². The third kappa shape index (κ3) is 5.96. The molecule has 1 nitrogen and oxygen atoms in total. The van der Waals surface area contributed by atoms with Crippen LogP contribution in [-0.4, -0.2) is 10.7 Å². The molecule has 0 aliphatic rings. The second kappa shape index (κ2) is 2.49. The molecule has 49 valence electrons. The maximum absolute atomic E-state index is 9.08. The van der Waals surface area contributed by atoms with E-state index in [-0.39, 0.29) is 0 Å². The molecule has 1 radical (unpaired) electrons. The molecule has 0 saturated carbocycles. The molecule has 8 heavy (non-hydrogen) atoms. The molecule has 1 heteroatoms. The van der Waals surface area contributed by atoms with Crippen LogP contribution in [0.25, 0.3) is 0 Å². The Morgan fingerprint density at radius 2 is 2.00 bits per heavy atom. The first kappa shape index (κ1) is 7.96. The second-order valence-electron chi connectivity index (χ2n) is 3.09. The van der Waals surface area contributed by atoms with E-state index in [1.165, 1.54) is 0 Å². The minimum atomic E-state index is -0.728. The predicted molar refractivity (Wildman–Crippen MR) is 35.4 cm³/mol. The van der Waals surface area contributed by atoms with Crippen molar-refractivity contribution >= 4 is 0 Å². The zero-order valence-corrected chi connectivity index (χ0v) is 5.94. The van der Waals surface area contributed by atoms with Crippen LogP contribution in [0.15, 0.2) is 0 Å². The van der Waals surface area contributed by atoms with Gasteiger partial charge in [-0.3, -0.25) is 0 Å². The average Bonchev–Trinajstić information content (AvgIpc) is 1.21. The van der Waals surface area contributed by atoms with Crippen molar-refractivity contribution in [3.05, 3.63) is 6.92 Å². The number of hydrogen-bond acceptors (Lipinski definition) is 1. The van der Waals surface area contributed by atoms with Gasteiger partial charge in [0, 0.05) is 0 Å². The van der Waals surface area contributed by atoms with E-state index >= 15 is 0 Å². The molecule has 1 unspecified atom stereocenters. The zero-order chi connectivity index (χ0) is 6.78. The maximum Gasteiger partial charge on any atom is 0.0623 e. The summed E-state index contributed by atoms with van der Waals surface area (Å²) in [6.45, 7) is 9.43. The van der Waals surface area contributed by atoms with Crippen molar-refractivity contribution in [1.82, 2.24) is 0 Å². The van der Waals surface area contributed by atoms with E-state index in [0.717, 1.165) is 6.42 Å². The van der Waals surface area contributed by atoms with Crippen LogP contribution < -0.4 is 0 Å². The molecule has 0 saturated heterocycles. The number of hydrogen-bond donors (Lipinski definition) is 1. The fraction of sp³-hybridized carbons (Fsp3) is 0.857. The first-order chi connectivity index (χ1) is 3.42. The van der Waals surface area contributed by atoms with Crippen LogP contribution in [0.1, 0.15) is 27.2 Å². The Kier molecular flexibility index (Phi) is 2.48. The third-order valence-electron chi connectivity index (χ3n) is 0.848. The molecule has 0 aliphatic carbocycles. The maximum atomic E-state index is 9.08. The van der Waals surface area contributed by atoms with Crippen molar-refractivity contribution in [2.24, 2.45) is 5.92 Å². The van der Waals surface area contributed by atoms with Crippen molar-refractivity contribution in [3.8, 4) is 0 Å². The van der Waals surface area contributed by atoms with Crippen LogP contribution in [0.5, 0.6) is 0 Å². The summed E-state index contributed by atoms with van der Waals surface area (Å²) in [4.78, 5) is 0. The van der Waals surface area contributed by atoms with Gasteiger partial charge in [0.15, 0.2) is 0 Å². The lowest BCUT2D eigenvalue weighted by Crippen LogP contribution is -2.21. The molecule has 0 heterocycles. The molecule has 0 rings (SSSR count). The topological polar surface area (TPSA) is 20.2 Å². The number of aliphatic hydroxyl groups is 1. The molecule has 0 amide bonds. The van der Waals surface area contributed by atoms with Crippen molar-refractivity contribution in [1.29, 1.82) is 0 Å². The van der Waals surface area contributed by atoms with Crippen LogP contribution in [0.3, 0.4) is 0 Å². The number of rotatable bonds is 2. The highest BCUT2D eigenvalue weighted by Crippen LogP contribution is 2.13. The Hall–Kier alpha value is -0.0400. The molecular formula is C7H15O. The summed E-state index contributed by atoms with van der Waals surface area (Å²) in [5, 5.41) is 9.08. The summed E-state index contributed by atoms with van der Waals surface area (Å²) in [6.07, 6.45) is 0.771. The molecule has 0 aromatic carbocycles. The average molecular weight is 115 g/mol. The molecule has 0 bridgehead atoms. The summed E-state index contributed by atoms with van der Waals surface area (Å²) >= 11 is 0. The quantitative estimate of drug-likeness (QED) is 0.579. The normalized spacial score (nSPS) is 12.8. The fourth-order valence-electron chi connectivity index (χ4n) is 0.879. The Bertz CT molecular complexity index is 59.3. The smallest absolute Gasteiger partial charge is 0.0623 e. The van der Waals surface area contributed by atoms with E-state index in [1.807, 2.05) is 0 Å². The van der Waals surface area contributed by atoms with Crippen LogP contribution in [-0.2, 0) is 0 Å². The van der Waals surface area contributed by atoms with Gasteiger partial charge in [-0.2, -0.15) is 0 Å². The highest BCUT2D eigenvalue weighted by molar-refractivity contribution is 4.75. The van der Waals surface area contributed by atoms with Gasteiger partial charge in [0.2, 0.25) is 0 Å². The zero-order valence-electron chi connectivity index (χ0n) is 5.94. The van der Waals surface area contributed by atoms with E-state index < -0.39 is 5.60 Å². The van der Waals surface area contributed by atoms with Crippen LogP contribution in [0.2, 0.25) is 0 Å². The summed E-state index contributed by atoms with van der Waals surface area (Å²) in [7, 11) is 0. The van der Waals surface area contributed by atoms with E-state index in [2.05, 4.69) is 20.8 Å². The standard InChI is InChI=1S/C7H15O/c1-6(2)5-7(3,4)8/h6,8H,3,5H2,1-2,4H3. The van der Waals surface area contributed by atoms with Crippen LogP contribution >= 0.6 is 0 Å². The van der Waals surface area contributed by atoms with Gasteiger partial charge in [0.25, 0.3) is 0 Å². The fourth-order valence-corrected chi connectivity index (χ4v) is 0.879. The minimum Gasteiger partial charge on any atom is -0.390 e. The lowest BCUT2D eigenvalue weighted by Gasteiger charge is -2.18. The van der Waals surface area contributed by atoms with E-state index in [0.29, 0.717) is 5.92 Å². The molecule has 0 aromatic rings. The van der Waals surface area contributed by atoms with Gasteiger partial charge < -0.3 is 5.11 Å². The molecule has 0 aliphatic heterocycles. The van der Waals surface area contributed by atoms with Gasteiger partial charge in [-0.05, 0) is 26.2 Å². The van der Waals surface area contributed by atoms with Gasteiger partial charge in [0.1, 0.15) is 0 Å². The van der Waals surface area contributed by atoms with E-state index in [1.54, 1.807) is 6.92 Å². The molecule has 0 aromatic heterocycles. The minimum absolute atomic E-state index is 0.530. The molecule has 0 fully saturated rings.